The first-order valence-corrected chi connectivity index (χ1v) is 25.1. The van der Waals surface area contributed by atoms with Crippen LogP contribution in [0.2, 0.25) is 0 Å². The second kappa shape index (κ2) is 16.8. The van der Waals surface area contributed by atoms with E-state index in [1.807, 2.05) is 30.3 Å². The highest BCUT2D eigenvalue weighted by atomic mass is 16.3. The standard InChI is InChI=1S/C69H42N4O/c1-3-15-43(16-4-1)50-24-13-25-54(38-50)68-70-67(48-19-5-2-6-20-48)71-69(72-68)56-27-14-28-63-66(56)59-41-57(47-32-29-45(30-33-47)53-34-31-44-17-7-8-21-49(44)37-53)62(42-64(59)74-63)73-60-36-35-46-18-11-12-26-55(46)65(60)58-39-51-22-9-10-23-52(51)40-61(58)73/h1-42H. The van der Waals surface area contributed by atoms with E-state index in [-0.39, 0.29) is 0 Å². The Balaban J connectivity index is 0.987. The van der Waals surface area contributed by atoms with Crippen LogP contribution in [0.4, 0.5) is 0 Å². The van der Waals surface area contributed by atoms with Gasteiger partial charge in [0.25, 0.3) is 0 Å². The second-order valence-corrected chi connectivity index (χ2v) is 19.1. The third-order valence-electron chi connectivity index (χ3n) is 14.8. The van der Waals surface area contributed by atoms with Crippen LogP contribution >= 0.6 is 0 Å². The van der Waals surface area contributed by atoms with Gasteiger partial charge in [0.15, 0.2) is 17.5 Å². The number of benzene rings is 12. The summed E-state index contributed by atoms with van der Waals surface area (Å²) >= 11 is 0. The monoisotopic (exact) mass is 942 g/mol. The second-order valence-electron chi connectivity index (χ2n) is 19.1. The van der Waals surface area contributed by atoms with Gasteiger partial charge in [-0.15, -0.1) is 0 Å². The van der Waals surface area contributed by atoms with Crippen LogP contribution in [0.15, 0.2) is 259 Å². The highest BCUT2D eigenvalue weighted by Crippen LogP contribution is 2.45. The summed E-state index contributed by atoms with van der Waals surface area (Å²) in [5.74, 6) is 1.76. The number of fused-ring (bicyclic) bond motifs is 10. The van der Waals surface area contributed by atoms with Crippen molar-refractivity contribution in [3.8, 4) is 73.2 Å². The largest absolute Gasteiger partial charge is 0.456 e. The molecule has 0 fully saturated rings. The van der Waals surface area contributed by atoms with Gasteiger partial charge in [0.05, 0.1) is 16.7 Å². The number of hydrogen-bond acceptors (Lipinski definition) is 4. The summed E-state index contributed by atoms with van der Waals surface area (Å²) in [6, 6.07) is 90.8. The van der Waals surface area contributed by atoms with E-state index in [1.165, 1.54) is 48.7 Å². The fourth-order valence-corrected chi connectivity index (χ4v) is 11.2. The zero-order chi connectivity index (χ0) is 48.7. The van der Waals surface area contributed by atoms with Gasteiger partial charge in [-0.1, -0.05) is 206 Å². The molecular weight excluding hydrogens is 901 g/mol. The van der Waals surface area contributed by atoms with Crippen molar-refractivity contribution in [2.45, 2.75) is 0 Å². The lowest BCUT2D eigenvalue weighted by atomic mass is 9.95. The number of nitrogens with zero attached hydrogens (tertiary/aromatic N) is 4. The molecule has 12 aromatic carbocycles. The first-order chi connectivity index (χ1) is 36.6. The number of hydrogen-bond donors (Lipinski definition) is 0. The Morgan fingerprint density at radius 3 is 1.64 bits per heavy atom. The van der Waals surface area contributed by atoms with Crippen LogP contribution in [0.1, 0.15) is 0 Å². The molecule has 344 valence electrons. The van der Waals surface area contributed by atoms with Gasteiger partial charge < -0.3 is 8.98 Å². The van der Waals surface area contributed by atoms with E-state index in [0.29, 0.717) is 17.5 Å². The van der Waals surface area contributed by atoms with Crippen molar-refractivity contribution >= 4 is 76.1 Å². The van der Waals surface area contributed by atoms with Crippen LogP contribution in [0.5, 0.6) is 0 Å². The normalized spacial score (nSPS) is 11.8. The van der Waals surface area contributed by atoms with Crippen LogP contribution in [0, 0.1) is 0 Å². The lowest BCUT2D eigenvalue weighted by Crippen LogP contribution is -2.00. The van der Waals surface area contributed by atoms with Gasteiger partial charge in [-0.05, 0) is 103 Å². The van der Waals surface area contributed by atoms with E-state index in [0.717, 1.165) is 83.2 Å². The third kappa shape index (κ3) is 6.90. The molecule has 3 aromatic heterocycles. The van der Waals surface area contributed by atoms with E-state index in [9.17, 15) is 0 Å². The van der Waals surface area contributed by atoms with Crippen molar-refractivity contribution in [1.82, 2.24) is 19.5 Å². The zero-order valence-corrected chi connectivity index (χ0v) is 39.9. The minimum Gasteiger partial charge on any atom is -0.456 e. The number of furan rings is 1. The minimum atomic E-state index is 0.568. The molecule has 0 radical (unpaired) electrons. The Hall–Kier alpha value is -9.97. The molecule has 0 amide bonds. The van der Waals surface area contributed by atoms with Gasteiger partial charge in [0.2, 0.25) is 0 Å². The van der Waals surface area contributed by atoms with Crippen molar-refractivity contribution in [3.05, 3.63) is 255 Å². The molecule has 0 N–H and O–H groups in total. The van der Waals surface area contributed by atoms with Crippen molar-refractivity contribution < 1.29 is 4.42 Å². The molecule has 3 heterocycles. The first kappa shape index (κ1) is 41.8. The minimum absolute atomic E-state index is 0.568. The van der Waals surface area contributed by atoms with Gasteiger partial charge in [0, 0.05) is 49.9 Å². The molecule has 0 aliphatic rings. The summed E-state index contributed by atoms with van der Waals surface area (Å²) in [4.78, 5) is 15.7. The van der Waals surface area contributed by atoms with E-state index in [2.05, 4.69) is 229 Å². The molecule has 0 aliphatic heterocycles. The van der Waals surface area contributed by atoms with Crippen LogP contribution in [0.3, 0.4) is 0 Å². The average molecular weight is 943 g/mol. The number of rotatable bonds is 7. The molecule has 0 unspecified atom stereocenters. The van der Waals surface area contributed by atoms with Crippen molar-refractivity contribution in [3.63, 3.8) is 0 Å². The van der Waals surface area contributed by atoms with Gasteiger partial charge in [-0.25, -0.2) is 15.0 Å². The molecule has 15 rings (SSSR count). The molecule has 0 bridgehead atoms. The molecule has 0 aliphatic carbocycles. The van der Waals surface area contributed by atoms with Crippen LogP contribution in [-0.4, -0.2) is 19.5 Å². The van der Waals surface area contributed by atoms with Crippen LogP contribution in [0.25, 0.3) is 149 Å². The van der Waals surface area contributed by atoms with E-state index in [4.69, 9.17) is 19.4 Å². The van der Waals surface area contributed by atoms with Gasteiger partial charge >= 0.3 is 0 Å². The van der Waals surface area contributed by atoms with E-state index < -0.39 is 0 Å². The van der Waals surface area contributed by atoms with Gasteiger partial charge in [-0.3, -0.25) is 0 Å². The Morgan fingerprint density at radius 2 is 0.838 bits per heavy atom. The van der Waals surface area contributed by atoms with E-state index >= 15 is 0 Å². The van der Waals surface area contributed by atoms with E-state index in [1.54, 1.807) is 0 Å². The number of aromatic nitrogens is 4. The van der Waals surface area contributed by atoms with Gasteiger partial charge in [0.1, 0.15) is 11.2 Å². The smallest absolute Gasteiger partial charge is 0.164 e. The Kier molecular flexibility index (Phi) is 9.50. The van der Waals surface area contributed by atoms with Crippen LogP contribution < -0.4 is 0 Å². The van der Waals surface area contributed by atoms with Crippen LogP contribution in [-0.2, 0) is 0 Å². The molecule has 0 atom stereocenters. The van der Waals surface area contributed by atoms with Gasteiger partial charge in [-0.2, -0.15) is 0 Å². The summed E-state index contributed by atoms with van der Waals surface area (Å²) in [6.07, 6.45) is 0. The summed E-state index contributed by atoms with van der Waals surface area (Å²) in [7, 11) is 0. The maximum atomic E-state index is 7.03. The first-order valence-electron chi connectivity index (χ1n) is 25.1. The fraction of sp³-hybridized carbons (Fsp3) is 0. The van der Waals surface area contributed by atoms with Crippen molar-refractivity contribution in [1.29, 1.82) is 0 Å². The van der Waals surface area contributed by atoms with Crippen molar-refractivity contribution in [2.24, 2.45) is 0 Å². The summed E-state index contributed by atoms with van der Waals surface area (Å²) in [5, 5.41) is 11.6. The summed E-state index contributed by atoms with van der Waals surface area (Å²) < 4.78 is 9.49. The molecule has 0 spiro atoms. The predicted molar refractivity (Wildman–Crippen MR) is 307 cm³/mol. The zero-order valence-electron chi connectivity index (χ0n) is 39.9. The Bertz CT molecular complexity index is 4710. The topological polar surface area (TPSA) is 56.7 Å². The maximum absolute atomic E-state index is 7.03. The summed E-state index contributed by atoms with van der Waals surface area (Å²) in [5.41, 5.74) is 14.2. The Labute approximate surface area is 425 Å². The molecular formula is C69H42N4O. The molecule has 0 saturated carbocycles. The Morgan fingerprint density at radius 1 is 0.270 bits per heavy atom. The molecule has 0 saturated heterocycles. The lowest BCUT2D eigenvalue weighted by Gasteiger charge is -2.16. The average Bonchev–Trinajstić information content (AvgIpc) is 4.02. The summed E-state index contributed by atoms with van der Waals surface area (Å²) in [6.45, 7) is 0. The predicted octanol–water partition coefficient (Wildman–Crippen LogP) is 18.3. The fourth-order valence-electron chi connectivity index (χ4n) is 11.2. The van der Waals surface area contributed by atoms with Crippen molar-refractivity contribution in [2.75, 3.05) is 0 Å². The SMILES string of the molecule is c1ccc(-c2cccc(-c3nc(-c4ccccc4)nc(-c4cccc5oc6cc(-n7c8cc9ccccc9cc8c8c9ccccc9ccc87)c(-c7ccc(-c8ccc9ccccc9c8)cc7)cc6c45)n3)c2)cc1. The lowest BCUT2D eigenvalue weighted by molar-refractivity contribution is 0.668. The molecule has 5 heteroatoms. The highest BCUT2D eigenvalue weighted by Gasteiger charge is 2.24. The quantitative estimate of drug-likeness (QED) is 0.160. The highest BCUT2D eigenvalue weighted by molar-refractivity contribution is 6.24. The molecule has 15 aromatic rings. The maximum Gasteiger partial charge on any atom is 0.164 e. The molecule has 74 heavy (non-hydrogen) atoms. The molecule has 5 nitrogen and oxygen atoms in total. The third-order valence-corrected chi connectivity index (χ3v) is 14.8.